The number of nitrogens with zero attached hydrogens (tertiary/aromatic N) is 1. The minimum Gasteiger partial charge on any atom is -0.497 e. The number of carbonyl (C=O) groups is 1. The molecule has 1 amide bonds. The quantitative estimate of drug-likeness (QED) is 0.557. The Hall–Kier alpha value is -3.12. The first-order valence-electron chi connectivity index (χ1n) is 9.18. The molecule has 0 spiro atoms. The monoisotopic (exact) mass is 407 g/mol. The summed E-state index contributed by atoms with van der Waals surface area (Å²) in [6, 6.07) is 22.8. The summed E-state index contributed by atoms with van der Waals surface area (Å²) >= 11 is 1.57. The predicted molar refractivity (Wildman–Crippen MR) is 115 cm³/mol. The van der Waals surface area contributed by atoms with Gasteiger partial charge in [0, 0.05) is 11.3 Å². The van der Waals surface area contributed by atoms with Gasteiger partial charge in [-0.3, -0.25) is 9.69 Å². The van der Waals surface area contributed by atoms with E-state index in [-0.39, 0.29) is 11.3 Å². The number of amides is 1. The summed E-state index contributed by atoms with van der Waals surface area (Å²) in [5, 5.41) is -0.187. The molecule has 1 fully saturated rings. The van der Waals surface area contributed by atoms with E-state index in [4.69, 9.17) is 14.2 Å². The van der Waals surface area contributed by atoms with Crippen molar-refractivity contribution in [3.63, 3.8) is 0 Å². The van der Waals surface area contributed by atoms with Crippen LogP contribution < -0.4 is 19.1 Å². The minimum absolute atomic E-state index is 0.0570. The molecular formula is C23H21NO4S. The first kappa shape index (κ1) is 19.2. The van der Waals surface area contributed by atoms with E-state index in [1.54, 1.807) is 30.9 Å². The maximum atomic E-state index is 12.7. The summed E-state index contributed by atoms with van der Waals surface area (Å²) in [5.41, 5.74) is 1.72. The summed E-state index contributed by atoms with van der Waals surface area (Å²) in [5.74, 6) is 3.41. The molecule has 0 N–H and O–H groups in total. The summed E-state index contributed by atoms with van der Waals surface area (Å²) in [6.07, 6.45) is 0. The highest BCUT2D eigenvalue weighted by molar-refractivity contribution is 8.00. The van der Waals surface area contributed by atoms with Gasteiger partial charge < -0.3 is 14.2 Å². The van der Waals surface area contributed by atoms with Gasteiger partial charge in [0.25, 0.3) is 0 Å². The third kappa shape index (κ3) is 4.03. The second-order valence-corrected chi connectivity index (χ2v) is 7.51. The molecule has 148 valence electrons. The smallest absolute Gasteiger partial charge is 0.238 e. The molecule has 0 aliphatic carbocycles. The van der Waals surface area contributed by atoms with Crippen LogP contribution in [0.25, 0.3) is 0 Å². The highest BCUT2D eigenvalue weighted by atomic mass is 32.2. The largest absolute Gasteiger partial charge is 0.497 e. The van der Waals surface area contributed by atoms with Crippen LogP contribution in [0.4, 0.5) is 5.69 Å². The first-order valence-corrected chi connectivity index (χ1v) is 10.2. The molecule has 1 aliphatic heterocycles. The van der Waals surface area contributed by atoms with Gasteiger partial charge in [0.1, 0.15) is 28.4 Å². The second-order valence-electron chi connectivity index (χ2n) is 6.44. The highest BCUT2D eigenvalue weighted by Crippen LogP contribution is 2.46. The SMILES string of the molecule is COc1ccc(OC)c([C@@H]2SCC(=O)N2c2ccc(Oc3ccccc3)cc2)c1. The second kappa shape index (κ2) is 8.49. The molecule has 5 nitrogen and oxygen atoms in total. The Balaban J connectivity index is 1.62. The topological polar surface area (TPSA) is 48.0 Å². The molecule has 0 aromatic heterocycles. The summed E-state index contributed by atoms with van der Waals surface area (Å²) < 4.78 is 16.8. The van der Waals surface area contributed by atoms with Gasteiger partial charge >= 0.3 is 0 Å². The first-order chi connectivity index (χ1) is 14.2. The fraction of sp³-hybridized carbons (Fsp3) is 0.174. The molecule has 0 saturated carbocycles. The number of rotatable bonds is 6. The molecule has 1 heterocycles. The normalized spacial score (nSPS) is 16.0. The van der Waals surface area contributed by atoms with Crippen LogP contribution in [0.2, 0.25) is 0 Å². The summed E-state index contributed by atoms with van der Waals surface area (Å²) in [4.78, 5) is 14.5. The number of hydrogen-bond donors (Lipinski definition) is 0. The predicted octanol–water partition coefficient (Wildman–Crippen LogP) is 5.27. The van der Waals surface area contributed by atoms with E-state index < -0.39 is 0 Å². The third-order valence-electron chi connectivity index (χ3n) is 4.66. The fourth-order valence-corrected chi connectivity index (χ4v) is 4.46. The van der Waals surface area contributed by atoms with Crippen molar-refractivity contribution in [1.82, 2.24) is 0 Å². The van der Waals surface area contributed by atoms with Gasteiger partial charge in [0.15, 0.2) is 0 Å². The maximum absolute atomic E-state index is 12.7. The van der Waals surface area contributed by atoms with Crippen molar-refractivity contribution in [2.24, 2.45) is 0 Å². The lowest BCUT2D eigenvalue weighted by Gasteiger charge is -2.26. The van der Waals surface area contributed by atoms with Crippen molar-refractivity contribution < 1.29 is 19.0 Å². The van der Waals surface area contributed by atoms with E-state index in [0.29, 0.717) is 5.75 Å². The molecule has 3 aromatic carbocycles. The van der Waals surface area contributed by atoms with E-state index in [1.807, 2.05) is 72.8 Å². The van der Waals surface area contributed by atoms with Crippen molar-refractivity contribution in [3.05, 3.63) is 78.4 Å². The van der Waals surface area contributed by atoms with Crippen LogP contribution in [0.3, 0.4) is 0 Å². The van der Waals surface area contributed by atoms with Crippen molar-refractivity contribution in [2.75, 3.05) is 24.9 Å². The van der Waals surface area contributed by atoms with E-state index >= 15 is 0 Å². The van der Waals surface area contributed by atoms with Crippen molar-refractivity contribution >= 4 is 23.4 Å². The molecule has 1 aliphatic rings. The Morgan fingerprint density at radius 1 is 0.862 bits per heavy atom. The Morgan fingerprint density at radius 2 is 1.55 bits per heavy atom. The van der Waals surface area contributed by atoms with E-state index in [9.17, 15) is 4.79 Å². The van der Waals surface area contributed by atoms with Crippen LogP contribution in [-0.4, -0.2) is 25.9 Å². The molecule has 0 bridgehead atoms. The maximum Gasteiger partial charge on any atom is 0.238 e. The molecule has 3 aromatic rings. The minimum atomic E-state index is -0.187. The lowest BCUT2D eigenvalue weighted by molar-refractivity contribution is -0.115. The van der Waals surface area contributed by atoms with E-state index in [0.717, 1.165) is 34.2 Å². The summed E-state index contributed by atoms with van der Waals surface area (Å²) in [6.45, 7) is 0. The van der Waals surface area contributed by atoms with Gasteiger partial charge in [-0.1, -0.05) is 18.2 Å². The molecular weight excluding hydrogens is 386 g/mol. The number of carbonyl (C=O) groups excluding carboxylic acids is 1. The Kier molecular flexibility index (Phi) is 5.62. The number of thioether (sulfide) groups is 1. The van der Waals surface area contributed by atoms with Crippen LogP contribution in [0.15, 0.2) is 72.8 Å². The number of hydrogen-bond acceptors (Lipinski definition) is 5. The fourth-order valence-electron chi connectivity index (χ4n) is 3.27. The Labute approximate surface area is 174 Å². The van der Waals surface area contributed by atoms with Crippen LogP contribution in [0.5, 0.6) is 23.0 Å². The number of methoxy groups -OCH3 is 2. The van der Waals surface area contributed by atoms with Gasteiger partial charge in [0.2, 0.25) is 5.91 Å². The van der Waals surface area contributed by atoms with E-state index in [1.165, 1.54) is 0 Å². The molecule has 0 radical (unpaired) electrons. The number of benzene rings is 3. The van der Waals surface area contributed by atoms with Gasteiger partial charge in [-0.05, 0) is 54.6 Å². The summed E-state index contributed by atoms with van der Waals surface area (Å²) in [7, 11) is 3.26. The van der Waals surface area contributed by atoms with Crippen LogP contribution in [0, 0.1) is 0 Å². The van der Waals surface area contributed by atoms with E-state index in [2.05, 4.69) is 0 Å². The number of para-hydroxylation sites is 1. The zero-order chi connectivity index (χ0) is 20.2. The average molecular weight is 407 g/mol. The van der Waals surface area contributed by atoms with Crippen molar-refractivity contribution in [3.8, 4) is 23.0 Å². The van der Waals surface area contributed by atoms with Gasteiger partial charge in [-0.15, -0.1) is 11.8 Å². The van der Waals surface area contributed by atoms with Crippen LogP contribution in [-0.2, 0) is 4.79 Å². The van der Waals surface area contributed by atoms with Crippen LogP contribution >= 0.6 is 11.8 Å². The lowest BCUT2D eigenvalue weighted by atomic mass is 10.1. The van der Waals surface area contributed by atoms with Crippen molar-refractivity contribution in [2.45, 2.75) is 5.37 Å². The number of ether oxygens (including phenoxy) is 3. The molecule has 6 heteroatoms. The zero-order valence-corrected chi connectivity index (χ0v) is 17.0. The standard InChI is InChI=1S/C23H21NO4S/c1-26-19-12-13-21(27-2)20(14-19)23-24(22(25)15-29-23)16-8-10-18(11-9-16)28-17-6-4-3-5-7-17/h3-14,23H,15H2,1-2H3/t23-/m0/s1. The van der Waals surface area contributed by atoms with Gasteiger partial charge in [0.05, 0.1) is 20.0 Å². The molecule has 0 unspecified atom stereocenters. The number of anilines is 1. The Bertz CT molecular complexity index is 992. The third-order valence-corrected chi connectivity index (χ3v) is 5.86. The average Bonchev–Trinajstić information content (AvgIpc) is 3.15. The highest BCUT2D eigenvalue weighted by Gasteiger charge is 2.36. The molecule has 4 rings (SSSR count). The van der Waals surface area contributed by atoms with Gasteiger partial charge in [-0.2, -0.15) is 0 Å². The molecule has 1 saturated heterocycles. The van der Waals surface area contributed by atoms with Crippen molar-refractivity contribution in [1.29, 1.82) is 0 Å². The zero-order valence-electron chi connectivity index (χ0n) is 16.2. The van der Waals surface area contributed by atoms with Gasteiger partial charge in [-0.25, -0.2) is 0 Å². The molecule has 29 heavy (non-hydrogen) atoms. The lowest BCUT2D eigenvalue weighted by Crippen LogP contribution is -2.28. The molecule has 1 atom stereocenters. The van der Waals surface area contributed by atoms with Crippen LogP contribution in [0.1, 0.15) is 10.9 Å². The Morgan fingerprint density at radius 3 is 2.24 bits per heavy atom.